The molecule has 0 aromatic carbocycles. The number of hydrogen-bond donors (Lipinski definition) is 1. The van der Waals surface area contributed by atoms with Crippen molar-refractivity contribution in [3.8, 4) is 0 Å². The fourth-order valence-electron chi connectivity index (χ4n) is 2.54. The summed E-state index contributed by atoms with van der Waals surface area (Å²) in [5, 5.41) is 3.58. The van der Waals surface area contributed by atoms with Gasteiger partial charge in [-0.3, -0.25) is 0 Å². The predicted octanol–water partition coefficient (Wildman–Crippen LogP) is 2.47. The Bertz CT molecular complexity index is 234. The third-order valence-corrected chi connectivity index (χ3v) is 4.14. The summed E-state index contributed by atoms with van der Waals surface area (Å²) in [5.74, 6) is 0.897. The number of nitrogens with one attached hydrogen (secondary N) is 1. The zero-order chi connectivity index (χ0) is 14.7. The Hall–Kier alpha value is -0.160. The van der Waals surface area contributed by atoms with Crippen molar-refractivity contribution < 1.29 is 14.2 Å². The molecule has 1 fully saturated rings. The summed E-state index contributed by atoms with van der Waals surface area (Å²) in [5.41, 5.74) is 0.409. The number of methoxy groups -OCH3 is 1. The van der Waals surface area contributed by atoms with Crippen LogP contribution in [0.1, 0.15) is 39.5 Å². The van der Waals surface area contributed by atoms with Gasteiger partial charge in [0.2, 0.25) is 0 Å². The summed E-state index contributed by atoms with van der Waals surface area (Å²) in [6.45, 7) is 10.4. The minimum atomic E-state index is 0.409. The number of rotatable bonds is 14. The van der Waals surface area contributed by atoms with Crippen LogP contribution in [0.3, 0.4) is 0 Å². The summed E-state index contributed by atoms with van der Waals surface area (Å²) in [4.78, 5) is 0. The highest BCUT2D eigenvalue weighted by molar-refractivity contribution is 4.92. The molecule has 0 amide bonds. The molecule has 4 nitrogen and oxygen atoms in total. The molecule has 1 atom stereocenters. The molecule has 4 heteroatoms. The molecule has 0 radical (unpaired) electrons. The van der Waals surface area contributed by atoms with E-state index in [1.807, 2.05) is 0 Å². The Balaban J connectivity index is 2.04. The van der Waals surface area contributed by atoms with Gasteiger partial charge in [-0.15, -0.1) is 0 Å². The van der Waals surface area contributed by atoms with E-state index in [-0.39, 0.29) is 0 Å². The van der Waals surface area contributed by atoms with Crippen molar-refractivity contribution in [2.75, 3.05) is 53.2 Å². The van der Waals surface area contributed by atoms with Gasteiger partial charge in [-0.1, -0.05) is 13.8 Å². The maximum atomic E-state index is 5.70. The zero-order valence-corrected chi connectivity index (χ0v) is 13.6. The predicted molar refractivity (Wildman–Crippen MR) is 82.1 cm³/mol. The molecule has 0 aromatic heterocycles. The standard InChI is InChI=1S/C16H33NO3/c1-4-8-17-14-16(2,15-5-6-15)7-9-19-12-13-20-11-10-18-3/h15,17H,4-14H2,1-3H3. The van der Waals surface area contributed by atoms with Crippen molar-refractivity contribution in [1.29, 1.82) is 0 Å². The summed E-state index contributed by atoms with van der Waals surface area (Å²) >= 11 is 0. The molecule has 120 valence electrons. The molecule has 20 heavy (non-hydrogen) atoms. The Morgan fingerprint density at radius 1 is 1.05 bits per heavy atom. The van der Waals surface area contributed by atoms with E-state index < -0.39 is 0 Å². The average molecular weight is 287 g/mol. The van der Waals surface area contributed by atoms with Crippen LogP contribution < -0.4 is 5.32 Å². The van der Waals surface area contributed by atoms with Gasteiger partial charge in [-0.05, 0) is 43.6 Å². The van der Waals surface area contributed by atoms with Crippen LogP contribution in [0.5, 0.6) is 0 Å². The SMILES string of the molecule is CCCNCC(C)(CCOCCOCCOC)C1CC1. The van der Waals surface area contributed by atoms with Gasteiger partial charge in [0.15, 0.2) is 0 Å². The molecule has 0 bridgehead atoms. The van der Waals surface area contributed by atoms with Gasteiger partial charge in [0, 0.05) is 20.3 Å². The van der Waals surface area contributed by atoms with Gasteiger partial charge < -0.3 is 19.5 Å². The van der Waals surface area contributed by atoms with Gasteiger partial charge in [0.25, 0.3) is 0 Å². The van der Waals surface area contributed by atoms with Gasteiger partial charge in [0.1, 0.15) is 0 Å². The highest BCUT2D eigenvalue weighted by Gasteiger charge is 2.40. The molecule has 1 saturated carbocycles. The summed E-state index contributed by atoms with van der Waals surface area (Å²) < 4.78 is 16.0. The molecule has 0 spiro atoms. The molecule has 1 rings (SSSR count). The van der Waals surface area contributed by atoms with E-state index in [4.69, 9.17) is 14.2 Å². The van der Waals surface area contributed by atoms with Crippen LogP contribution in [0.15, 0.2) is 0 Å². The Labute approximate surface area is 124 Å². The van der Waals surface area contributed by atoms with Crippen LogP contribution in [-0.2, 0) is 14.2 Å². The second-order valence-corrected chi connectivity index (χ2v) is 6.07. The lowest BCUT2D eigenvalue weighted by molar-refractivity contribution is 0.0158. The van der Waals surface area contributed by atoms with E-state index >= 15 is 0 Å². The highest BCUT2D eigenvalue weighted by Crippen LogP contribution is 2.47. The number of hydrogen-bond acceptors (Lipinski definition) is 4. The lowest BCUT2D eigenvalue weighted by Crippen LogP contribution is -2.35. The van der Waals surface area contributed by atoms with Crippen LogP contribution >= 0.6 is 0 Å². The minimum Gasteiger partial charge on any atom is -0.382 e. The smallest absolute Gasteiger partial charge is 0.0701 e. The highest BCUT2D eigenvalue weighted by atomic mass is 16.5. The van der Waals surface area contributed by atoms with E-state index in [1.165, 1.54) is 19.3 Å². The molecule has 0 aromatic rings. The van der Waals surface area contributed by atoms with Crippen molar-refractivity contribution >= 4 is 0 Å². The van der Waals surface area contributed by atoms with Crippen molar-refractivity contribution in [2.24, 2.45) is 11.3 Å². The summed E-state index contributed by atoms with van der Waals surface area (Å²) in [7, 11) is 1.69. The normalized spacial score (nSPS) is 18.1. The van der Waals surface area contributed by atoms with E-state index in [1.54, 1.807) is 7.11 Å². The average Bonchev–Trinajstić information content (AvgIpc) is 3.27. The first-order valence-corrected chi connectivity index (χ1v) is 8.08. The molecule has 0 aliphatic heterocycles. The molecule has 1 N–H and O–H groups in total. The van der Waals surface area contributed by atoms with Gasteiger partial charge >= 0.3 is 0 Å². The third-order valence-electron chi connectivity index (χ3n) is 4.14. The quantitative estimate of drug-likeness (QED) is 0.498. The van der Waals surface area contributed by atoms with Crippen LogP contribution in [0.25, 0.3) is 0 Å². The van der Waals surface area contributed by atoms with Crippen molar-refractivity contribution in [2.45, 2.75) is 39.5 Å². The zero-order valence-electron chi connectivity index (χ0n) is 13.6. The monoisotopic (exact) mass is 287 g/mol. The van der Waals surface area contributed by atoms with E-state index in [0.717, 1.165) is 32.0 Å². The molecule has 0 saturated heterocycles. The molecular formula is C16H33NO3. The third kappa shape index (κ3) is 7.58. The lowest BCUT2D eigenvalue weighted by Gasteiger charge is -2.30. The maximum Gasteiger partial charge on any atom is 0.0701 e. The van der Waals surface area contributed by atoms with Crippen molar-refractivity contribution in [3.05, 3.63) is 0 Å². The lowest BCUT2D eigenvalue weighted by atomic mass is 9.81. The van der Waals surface area contributed by atoms with Gasteiger partial charge in [-0.25, -0.2) is 0 Å². The Kier molecular flexibility index (Phi) is 9.44. The second kappa shape index (κ2) is 10.6. The molecule has 1 aliphatic rings. The largest absolute Gasteiger partial charge is 0.382 e. The van der Waals surface area contributed by atoms with Gasteiger partial charge in [0.05, 0.1) is 26.4 Å². The van der Waals surface area contributed by atoms with E-state index in [0.29, 0.717) is 31.8 Å². The van der Waals surface area contributed by atoms with E-state index in [9.17, 15) is 0 Å². The molecule has 0 heterocycles. The first-order valence-electron chi connectivity index (χ1n) is 8.08. The van der Waals surface area contributed by atoms with Crippen LogP contribution in [0.2, 0.25) is 0 Å². The molecule has 1 aliphatic carbocycles. The maximum absolute atomic E-state index is 5.70. The van der Waals surface area contributed by atoms with Crippen molar-refractivity contribution in [3.63, 3.8) is 0 Å². The van der Waals surface area contributed by atoms with Crippen molar-refractivity contribution in [1.82, 2.24) is 5.32 Å². The first kappa shape index (κ1) is 17.9. The van der Waals surface area contributed by atoms with Gasteiger partial charge in [-0.2, -0.15) is 0 Å². The van der Waals surface area contributed by atoms with Crippen LogP contribution in [0.4, 0.5) is 0 Å². The Morgan fingerprint density at radius 2 is 1.70 bits per heavy atom. The van der Waals surface area contributed by atoms with E-state index in [2.05, 4.69) is 19.2 Å². The summed E-state index contributed by atoms with van der Waals surface area (Å²) in [6.07, 6.45) is 5.14. The topological polar surface area (TPSA) is 39.7 Å². The van der Waals surface area contributed by atoms with Crippen LogP contribution in [-0.4, -0.2) is 53.2 Å². The summed E-state index contributed by atoms with van der Waals surface area (Å²) in [6, 6.07) is 0. The number of ether oxygens (including phenoxy) is 3. The first-order chi connectivity index (χ1) is 9.73. The molecule has 1 unspecified atom stereocenters. The fourth-order valence-corrected chi connectivity index (χ4v) is 2.54. The minimum absolute atomic E-state index is 0.409. The second-order valence-electron chi connectivity index (χ2n) is 6.07. The van der Waals surface area contributed by atoms with Crippen LogP contribution in [0, 0.1) is 11.3 Å². The Morgan fingerprint density at radius 3 is 2.30 bits per heavy atom. The fraction of sp³-hybridized carbons (Fsp3) is 1.00. The molecular weight excluding hydrogens is 254 g/mol.